The third-order valence-electron chi connectivity index (χ3n) is 3.40. The van der Waals surface area contributed by atoms with Crippen molar-refractivity contribution in [3.05, 3.63) is 23.3 Å². The molecule has 14 heavy (non-hydrogen) atoms. The lowest BCUT2D eigenvalue weighted by molar-refractivity contribution is 0.342. The Morgan fingerprint density at radius 1 is 1.07 bits per heavy atom. The largest absolute Gasteiger partial charge is 0.504 e. The Balaban J connectivity index is 2.47. The molecule has 1 aliphatic rings. The Bertz CT molecular complexity index is 358. The summed E-state index contributed by atoms with van der Waals surface area (Å²) >= 11 is 0. The van der Waals surface area contributed by atoms with E-state index in [2.05, 4.69) is 13.8 Å². The van der Waals surface area contributed by atoms with Gasteiger partial charge in [-0.25, -0.2) is 0 Å². The molecule has 0 aromatic heterocycles. The van der Waals surface area contributed by atoms with Crippen LogP contribution in [0, 0.1) is 11.8 Å². The van der Waals surface area contributed by atoms with Gasteiger partial charge in [0.2, 0.25) is 0 Å². The second kappa shape index (κ2) is 3.19. The molecule has 2 rings (SSSR count). The molecule has 0 aliphatic heterocycles. The number of phenolic OH excluding ortho intramolecular Hbond substituents is 2. The summed E-state index contributed by atoms with van der Waals surface area (Å²) in [6.07, 6.45) is 1.88. The van der Waals surface area contributed by atoms with Gasteiger partial charge in [0.15, 0.2) is 11.5 Å². The van der Waals surface area contributed by atoms with Crippen LogP contribution in [0.4, 0.5) is 0 Å². The molecule has 0 spiro atoms. The van der Waals surface area contributed by atoms with E-state index >= 15 is 0 Å². The van der Waals surface area contributed by atoms with Crippen LogP contribution in [-0.4, -0.2) is 10.2 Å². The van der Waals surface area contributed by atoms with E-state index in [0.29, 0.717) is 11.8 Å². The Kier molecular flexibility index (Phi) is 2.14. The van der Waals surface area contributed by atoms with E-state index in [9.17, 15) is 10.2 Å². The van der Waals surface area contributed by atoms with Gasteiger partial charge < -0.3 is 10.2 Å². The van der Waals surface area contributed by atoms with Crippen molar-refractivity contribution >= 4 is 0 Å². The molecule has 0 fully saturated rings. The summed E-state index contributed by atoms with van der Waals surface area (Å²) in [6, 6.07) is 3.50. The summed E-state index contributed by atoms with van der Waals surface area (Å²) in [4.78, 5) is 0. The Labute approximate surface area is 84.2 Å². The maximum absolute atomic E-state index is 9.70. The van der Waals surface area contributed by atoms with E-state index in [0.717, 1.165) is 18.4 Å². The van der Waals surface area contributed by atoms with Crippen LogP contribution in [0.1, 0.15) is 25.0 Å². The molecule has 1 aromatic rings. The average molecular weight is 192 g/mol. The number of rotatable bonds is 0. The Morgan fingerprint density at radius 3 is 2.43 bits per heavy atom. The third-order valence-corrected chi connectivity index (χ3v) is 3.40. The van der Waals surface area contributed by atoms with Crippen LogP contribution >= 0.6 is 0 Å². The zero-order valence-corrected chi connectivity index (χ0v) is 8.62. The molecular weight excluding hydrogens is 176 g/mol. The van der Waals surface area contributed by atoms with E-state index in [4.69, 9.17) is 0 Å². The zero-order chi connectivity index (χ0) is 10.3. The smallest absolute Gasteiger partial charge is 0.160 e. The van der Waals surface area contributed by atoms with Crippen LogP contribution in [0.25, 0.3) is 0 Å². The molecule has 0 radical (unpaired) electrons. The summed E-state index contributed by atoms with van der Waals surface area (Å²) in [6.45, 7) is 4.43. The first kappa shape index (κ1) is 9.38. The van der Waals surface area contributed by atoms with Crippen molar-refractivity contribution in [1.29, 1.82) is 0 Å². The minimum atomic E-state index is 0.00510. The lowest BCUT2D eigenvalue weighted by atomic mass is 9.77. The normalized spacial score (nSPS) is 25.9. The standard InChI is InChI=1S/C12H16O2/c1-7-5-9-3-4-11(13)12(14)10(9)6-8(7)2/h3-4,7-8,13-14H,5-6H2,1-2H3/t7?,8-/m1/s1. The minimum Gasteiger partial charge on any atom is -0.504 e. The van der Waals surface area contributed by atoms with Gasteiger partial charge in [-0.15, -0.1) is 0 Å². The van der Waals surface area contributed by atoms with E-state index < -0.39 is 0 Å². The molecule has 0 amide bonds. The number of hydrogen-bond acceptors (Lipinski definition) is 2. The van der Waals surface area contributed by atoms with Crippen molar-refractivity contribution in [2.24, 2.45) is 11.8 Å². The van der Waals surface area contributed by atoms with Gasteiger partial charge in [0.1, 0.15) is 0 Å². The molecule has 2 atom stereocenters. The molecular formula is C12H16O2. The molecule has 2 N–H and O–H groups in total. The number of aromatic hydroxyl groups is 2. The van der Waals surface area contributed by atoms with Crippen LogP contribution in [0.2, 0.25) is 0 Å². The summed E-state index contributed by atoms with van der Waals surface area (Å²) in [5.74, 6) is 1.33. The first-order chi connectivity index (χ1) is 6.59. The second-order valence-electron chi connectivity index (χ2n) is 4.43. The van der Waals surface area contributed by atoms with Gasteiger partial charge in [0.05, 0.1) is 0 Å². The number of phenols is 2. The van der Waals surface area contributed by atoms with Gasteiger partial charge in [0.25, 0.3) is 0 Å². The van der Waals surface area contributed by atoms with E-state index in [-0.39, 0.29) is 11.5 Å². The molecule has 1 aromatic carbocycles. The van der Waals surface area contributed by atoms with Crippen LogP contribution in [0.3, 0.4) is 0 Å². The monoisotopic (exact) mass is 192 g/mol. The molecule has 0 heterocycles. The van der Waals surface area contributed by atoms with E-state index in [1.807, 2.05) is 6.07 Å². The highest BCUT2D eigenvalue weighted by Crippen LogP contribution is 2.39. The third kappa shape index (κ3) is 1.35. The van der Waals surface area contributed by atoms with Gasteiger partial charge in [-0.1, -0.05) is 19.9 Å². The van der Waals surface area contributed by atoms with E-state index in [1.165, 1.54) is 5.56 Å². The molecule has 1 unspecified atom stereocenters. The maximum atomic E-state index is 9.70. The van der Waals surface area contributed by atoms with Crippen molar-refractivity contribution in [2.75, 3.05) is 0 Å². The van der Waals surface area contributed by atoms with Crippen molar-refractivity contribution in [3.63, 3.8) is 0 Å². The van der Waals surface area contributed by atoms with Crippen molar-refractivity contribution < 1.29 is 10.2 Å². The molecule has 2 nitrogen and oxygen atoms in total. The first-order valence-electron chi connectivity index (χ1n) is 5.12. The van der Waals surface area contributed by atoms with E-state index in [1.54, 1.807) is 6.07 Å². The minimum absolute atomic E-state index is 0.00510. The van der Waals surface area contributed by atoms with Crippen molar-refractivity contribution in [2.45, 2.75) is 26.7 Å². The Hall–Kier alpha value is -1.18. The summed E-state index contributed by atoms with van der Waals surface area (Å²) in [5.41, 5.74) is 2.13. The fourth-order valence-corrected chi connectivity index (χ4v) is 2.16. The molecule has 1 aliphatic carbocycles. The van der Waals surface area contributed by atoms with Gasteiger partial charge in [-0.2, -0.15) is 0 Å². The lowest BCUT2D eigenvalue weighted by Crippen LogP contribution is -2.20. The highest BCUT2D eigenvalue weighted by Gasteiger charge is 2.24. The Morgan fingerprint density at radius 2 is 1.71 bits per heavy atom. The highest BCUT2D eigenvalue weighted by atomic mass is 16.3. The van der Waals surface area contributed by atoms with Crippen molar-refractivity contribution in [1.82, 2.24) is 0 Å². The van der Waals surface area contributed by atoms with Gasteiger partial charge in [-0.05, 0) is 36.3 Å². The van der Waals surface area contributed by atoms with Crippen LogP contribution in [0.15, 0.2) is 12.1 Å². The molecule has 0 bridgehead atoms. The SMILES string of the molecule is CC1Cc2ccc(O)c(O)c2C[C@H]1C. The van der Waals surface area contributed by atoms with Crippen LogP contribution < -0.4 is 0 Å². The maximum Gasteiger partial charge on any atom is 0.160 e. The second-order valence-corrected chi connectivity index (χ2v) is 4.43. The topological polar surface area (TPSA) is 40.5 Å². The molecule has 2 heteroatoms. The number of hydrogen-bond donors (Lipinski definition) is 2. The molecule has 76 valence electrons. The predicted octanol–water partition coefficient (Wildman–Crippen LogP) is 2.47. The molecule has 0 saturated carbocycles. The van der Waals surface area contributed by atoms with Gasteiger partial charge >= 0.3 is 0 Å². The average Bonchev–Trinajstić information content (AvgIpc) is 2.15. The number of fused-ring (bicyclic) bond motifs is 1. The highest BCUT2D eigenvalue weighted by molar-refractivity contribution is 5.50. The zero-order valence-electron chi connectivity index (χ0n) is 8.62. The predicted molar refractivity (Wildman–Crippen MR) is 55.5 cm³/mol. The summed E-state index contributed by atoms with van der Waals surface area (Å²) in [7, 11) is 0. The fourth-order valence-electron chi connectivity index (χ4n) is 2.16. The number of benzene rings is 1. The summed E-state index contributed by atoms with van der Waals surface area (Å²) < 4.78 is 0. The van der Waals surface area contributed by atoms with Gasteiger partial charge in [0, 0.05) is 5.56 Å². The molecule has 0 saturated heterocycles. The summed E-state index contributed by atoms with van der Waals surface area (Å²) in [5, 5.41) is 19.1. The van der Waals surface area contributed by atoms with Crippen molar-refractivity contribution in [3.8, 4) is 11.5 Å². The first-order valence-corrected chi connectivity index (χ1v) is 5.12. The van der Waals surface area contributed by atoms with Gasteiger partial charge in [-0.3, -0.25) is 0 Å². The fraction of sp³-hybridized carbons (Fsp3) is 0.500. The lowest BCUT2D eigenvalue weighted by Gasteiger charge is -2.28. The van der Waals surface area contributed by atoms with Crippen LogP contribution in [-0.2, 0) is 12.8 Å². The quantitative estimate of drug-likeness (QED) is 0.620. The van der Waals surface area contributed by atoms with Crippen LogP contribution in [0.5, 0.6) is 11.5 Å².